The van der Waals surface area contributed by atoms with Crippen LogP contribution in [0.4, 0.5) is 5.69 Å². The van der Waals surface area contributed by atoms with Gasteiger partial charge in [-0.05, 0) is 18.6 Å². The maximum Gasteiger partial charge on any atom is 0.340 e. The second kappa shape index (κ2) is 5.80. The van der Waals surface area contributed by atoms with Gasteiger partial charge < -0.3 is 9.64 Å². The van der Waals surface area contributed by atoms with E-state index in [0.29, 0.717) is 11.3 Å². The summed E-state index contributed by atoms with van der Waals surface area (Å²) in [5, 5.41) is 10.8. The van der Waals surface area contributed by atoms with Crippen LogP contribution >= 0.6 is 0 Å². The molecule has 1 aliphatic heterocycles. The predicted octanol–water partition coefficient (Wildman–Crippen LogP) is 1.90. The topological polar surface area (TPSA) is 89.8 Å². The Balaban J connectivity index is 2.54. The Bertz CT molecular complexity index is 733. The third-order valence-electron chi connectivity index (χ3n) is 3.45. The molecule has 22 heavy (non-hydrogen) atoms. The maximum atomic E-state index is 12.2. The van der Waals surface area contributed by atoms with Crippen LogP contribution in [0.25, 0.3) is 6.08 Å². The van der Waals surface area contributed by atoms with Crippen molar-refractivity contribution in [1.82, 2.24) is 4.90 Å². The Hall–Kier alpha value is -2.96. The predicted molar refractivity (Wildman–Crippen MR) is 78.6 cm³/mol. The first-order chi connectivity index (χ1) is 10.4. The smallest absolute Gasteiger partial charge is 0.340 e. The first-order valence-electron chi connectivity index (χ1n) is 6.40. The van der Waals surface area contributed by atoms with Crippen LogP contribution in [0, 0.1) is 10.1 Å². The summed E-state index contributed by atoms with van der Waals surface area (Å²) in [4.78, 5) is 35.8. The molecule has 0 aliphatic carbocycles. The van der Waals surface area contributed by atoms with Crippen molar-refractivity contribution >= 4 is 23.6 Å². The third kappa shape index (κ3) is 2.60. The van der Waals surface area contributed by atoms with Crippen LogP contribution in [0.1, 0.15) is 12.5 Å². The monoisotopic (exact) mass is 302 g/mol. The zero-order valence-electron chi connectivity index (χ0n) is 12.3. The lowest BCUT2D eigenvalue weighted by molar-refractivity contribution is -0.384. The summed E-state index contributed by atoms with van der Waals surface area (Å²) in [6, 6.07) is 5.83. The molecule has 0 bridgehead atoms. The number of hydrogen-bond acceptors (Lipinski definition) is 5. The fourth-order valence-electron chi connectivity index (χ4n) is 2.19. The molecule has 0 radical (unpaired) electrons. The quantitative estimate of drug-likeness (QED) is 0.368. The molecule has 0 spiro atoms. The van der Waals surface area contributed by atoms with E-state index in [0.717, 1.165) is 0 Å². The van der Waals surface area contributed by atoms with Gasteiger partial charge in [-0.25, -0.2) is 4.79 Å². The van der Waals surface area contributed by atoms with Crippen LogP contribution in [0.2, 0.25) is 0 Å². The first kappa shape index (κ1) is 15.4. The van der Waals surface area contributed by atoms with Crippen LogP contribution in [-0.4, -0.2) is 35.9 Å². The number of rotatable bonds is 3. The lowest BCUT2D eigenvalue weighted by Gasteiger charge is -2.08. The highest BCUT2D eigenvalue weighted by Crippen LogP contribution is 2.30. The number of non-ortho nitro benzene ring substituents is 1. The van der Waals surface area contributed by atoms with E-state index in [1.54, 1.807) is 20.0 Å². The van der Waals surface area contributed by atoms with E-state index < -0.39 is 10.9 Å². The van der Waals surface area contributed by atoms with Crippen LogP contribution in [0.5, 0.6) is 0 Å². The number of methoxy groups -OCH3 is 1. The molecule has 1 aromatic carbocycles. The molecule has 0 unspecified atom stereocenters. The van der Waals surface area contributed by atoms with Crippen molar-refractivity contribution in [3.05, 3.63) is 56.8 Å². The van der Waals surface area contributed by atoms with Gasteiger partial charge in [0, 0.05) is 24.9 Å². The van der Waals surface area contributed by atoms with Gasteiger partial charge in [0.25, 0.3) is 11.6 Å². The average molecular weight is 302 g/mol. The largest absolute Gasteiger partial charge is 0.465 e. The molecule has 0 fully saturated rings. The van der Waals surface area contributed by atoms with Gasteiger partial charge in [0.15, 0.2) is 0 Å². The van der Waals surface area contributed by atoms with E-state index in [4.69, 9.17) is 4.74 Å². The summed E-state index contributed by atoms with van der Waals surface area (Å²) in [5.74, 6) is -0.976. The number of amides is 1. The average Bonchev–Trinajstić information content (AvgIpc) is 2.71. The third-order valence-corrected chi connectivity index (χ3v) is 3.45. The molecule has 2 rings (SSSR count). The van der Waals surface area contributed by atoms with Crippen LogP contribution in [-0.2, 0) is 14.3 Å². The lowest BCUT2D eigenvalue weighted by atomic mass is 10.0. The van der Waals surface area contributed by atoms with Crippen molar-refractivity contribution in [2.75, 3.05) is 14.2 Å². The van der Waals surface area contributed by atoms with Crippen molar-refractivity contribution in [3.8, 4) is 0 Å². The fourth-order valence-corrected chi connectivity index (χ4v) is 2.19. The van der Waals surface area contributed by atoms with Gasteiger partial charge in [0.05, 0.1) is 23.2 Å². The first-order valence-corrected chi connectivity index (χ1v) is 6.40. The molecule has 1 aliphatic rings. The molecule has 1 aromatic rings. The SMILES string of the molecule is COC(=O)C1=C(C)N(C)C(=O)/C1=C\c1cccc([N+](=O)[O-])c1. The van der Waals surface area contributed by atoms with Crippen molar-refractivity contribution in [3.63, 3.8) is 0 Å². The van der Waals surface area contributed by atoms with Gasteiger partial charge in [-0.15, -0.1) is 0 Å². The minimum Gasteiger partial charge on any atom is -0.465 e. The Morgan fingerprint density at radius 3 is 2.68 bits per heavy atom. The summed E-state index contributed by atoms with van der Waals surface area (Å²) in [5.41, 5.74) is 1.18. The van der Waals surface area contributed by atoms with Gasteiger partial charge in [0.2, 0.25) is 0 Å². The number of likely N-dealkylation sites (N-methyl/N-ethyl adjacent to an activating group) is 1. The summed E-state index contributed by atoms with van der Waals surface area (Å²) in [6.07, 6.45) is 1.45. The Kier molecular flexibility index (Phi) is 4.07. The van der Waals surface area contributed by atoms with Gasteiger partial charge in [-0.2, -0.15) is 0 Å². The van der Waals surface area contributed by atoms with E-state index in [1.165, 1.54) is 36.3 Å². The van der Waals surface area contributed by atoms with Gasteiger partial charge >= 0.3 is 5.97 Å². The summed E-state index contributed by atoms with van der Waals surface area (Å²) in [7, 11) is 2.78. The molecular weight excluding hydrogens is 288 g/mol. The number of esters is 1. The minimum atomic E-state index is -0.619. The highest BCUT2D eigenvalue weighted by Gasteiger charge is 2.34. The van der Waals surface area contributed by atoms with E-state index >= 15 is 0 Å². The second-order valence-electron chi connectivity index (χ2n) is 4.73. The Morgan fingerprint density at radius 2 is 2.09 bits per heavy atom. The lowest BCUT2D eigenvalue weighted by Crippen LogP contribution is -2.19. The number of nitro benzene ring substituents is 1. The normalized spacial score (nSPS) is 16.4. The Morgan fingerprint density at radius 1 is 1.41 bits per heavy atom. The van der Waals surface area contributed by atoms with Crippen LogP contribution < -0.4 is 0 Å². The second-order valence-corrected chi connectivity index (χ2v) is 4.73. The molecular formula is C15H14N2O5. The standard InChI is InChI=1S/C15H14N2O5/c1-9-13(15(19)22-3)12(14(18)16(9)2)8-10-5-4-6-11(7-10)17(20)21/h4-8H,1-3H3/b12-8-. The van der Waals surface area contributed by atoms with Crippen molar-refractivity contribution in [2.45, 2.75) is 6.92 Å². The van der Waals surface area contributed by atoms with Crippen molar-refractivity contribution in [1.29, 1.82) is 0 Å². The fraction of sp³-hybridized carbons (Fsp3) is 0.200. The molecule has 1 amide bonds. The van der Waals surface area contributed by atoms with E-state index in [-0.39, 0.29) is 22.7 Å². The molecule has 7 heteroatoms. The number of nitro groups is 1. The molecule has 114 valence electrons. The van der Waals surface area contributed by atoms with Gasteiger partial charge in [0.1, 0.15) is 0 Å². The van der Waals surface area contributed by atoms with Crippen LogP contribution in [0.3, 0.4) is 0 Å². The highest BCUT2D eigenvalue weighted by atomic mass is 16.6. The molecule has 0 N–H and O–H groups in total. The zero-order valence-corrected chi connectivity index (χ0v) is 12.3. The van der Waals surface area contributed by atoms with Crippen molar-refractivity contribution < 1.29 is 19.2 Å². The summed E-state index contributed by atoms with van der Waals surface area (Å²) >= 11 is 0. The molecule has 7 nitrogen and oxygen atoms in total. The molecule has 0 aromatic heterocycles. The number of carbonyl (C=O) groups is 2. The highest BCUT2D eigenvalue weighted by molar-refractivity contribution is 6.16. The van der Waals surface area contributed by atoms with Crippen molar-refractivity contribution in [2.24, 2.45) is 0 Å². The summed E-state index contributed by atoms with van der Waals surface area (Å²) < 4.78 is 4.71. The van der Waals surface area contributed by atoms with E-state index in [9.17, 15) is 19.7 Å². The van der Waals surface area contributed by atoms with Crippen LogP contribution in [0.15, 0.2) is 41.1 Å². The molecule has 0 saturated carbocycles. The molecule has 0 atom stereocenters. The summed E-state index contributed by atoms with van der Waals surface area (Å²) in [6.45, 7) is 1.64. The molecule has 0 saturated heterocycles. The number of hydrogen-bond donors (Lipinski definition) is 0. The minimum absolute atomic E-state index is 0.0894. The number of carbonyl (C=O) groups excluding carboxylic acids is 2. The van der Waals surface area contributed by atoms with E-state index in [2.05, 4.69) is 0 Å². The molecule has 1 heterocycles. The number of ether oxygens (including phenoxy) is 1. The number of benzene rings is 1. The maximum absolute atomic E-state index is 12.2. The number of nitrogens with zero attached hydrogens (tertiary/aromatic N) is 2. The van der Waals surface area contributed by atoms with E-state index in [1.807, 2.05) is 0 Å². The number of allylic oxidation sites excluding steroid dienone is 1. The van der Waals surface area contributed by atoms with Gasteiger partial charge in [-0.1, -0.05) is 12.1 Å². The Labute approximate surface area is 126 Å². The van der Waals surface area contributed by atoms with Gasteiger partial charge in [-0.3, -0.25) is 14.9 Å². The zero-order chi connectivity index (χ0) is 16.4.